The van der Waals surface area contributed by atoms with E-state index in [0.717, 1.165) is 6.42 Å². The highest BCUT2D eigenvalue weighted by Gasteiger charge is 2.26. The summed E-state index contributed by atoms with van der Waals surface area (Å²) >= 11 is 0. The van der Waals surface area contributed by atoms with Crippen molar-refractivity contribution >= 4 is 5.71 Å². The van der Waals surface area contributed by atoms with Crippen LogP contribution in [0.5, 0.6) is 0 Å². The lowest BCUT2D eigenvalue weighted by molar-refractivity contribution is 0.629. The zero-order chi connectivity index (χ0) is 6.27. The maximum atomic E-state index is 4.22. The summed E-state index contributed by atoms with van der Waals surface area (Å²) < 4.78 is 0. The van der Waals surface area contributed by atoms with Crippen molar-refractivity contribution in [2.75, 3.05) is 0 Å². The highest BCUT2D eigenvalue weighted by molar-refractivity contribution is 5.95. The molecule has 48 valence electrons. The average Bonchev–Trinajstić information content (AvgIpc) is 2.22. The fraction of sp³-hybridized carbons (Fsp3) is 0.571. The summed E-state index contributed by atoms with van der Waals surface area (Å²) in [5, 5.41) is 3.40. The Hall–Kier alpha value is -0.630. The normalized spacial score (nSPS) is 39.0. The summed E-state index contributed by atoms with van der Waals surface area (Å²) in [6.45, 7) is 2.19. The van der Waals surface area contributed by atoms with Gasteiger partial charge in [-0.1, -0.05) is 0 Å². The predicted molar refractivity (Wildman–Crippen MR) is 37.6 cm³/mol. The van der Waals surface area contributed by atoms with E-state index in [2.05, 4.69) is 23.3 Å². The fourth-order valence-electron chi connectivity index (χ4n) is 1.43. The quantitative estimate of drug-likeness (QED) is 0.502. The second-order valence-electron chi connectivity index (χ2n) is 2.71. The fourth-order valence-corrected chi connectivity index (χ4v) is 1.43. The van der Waals surface area contributed by atoms with Crippen LogP contribution in [-0.2, 0) is 0 Å². The molecule has 1 N–H and O–H groups in total. The third-order valence-corrected chi connectivity index (χ3v) is 1.86. The number of nitrogens with zero attached hydrogens (tertiary/aromatic N) is 1. The molecule has 0 aromatic carbocycles. The van der Waals surface area contributed by atoms with Crippen LogP contribution in [0.4, 0.5) is 0 Å². The second kappa shape index (κ2) is 1.67. The van der Waals surface area contributed by atoms with Crippen LogP contribution in [0.1, 0.15) is 13.3 Å². The molecule has 2 heterocycles. The topological polar surface area (TPSA) is 24.4 Å². The van der Waals surface area contributed by atoms with Crippen molar-refractivity contribution in [3.63, 3.8) is 0 Å². The first-order valence-corrected chi connectivity index (χ1v) is 3.35. The average molecular weight is 122 g/mol. The van der Waals surface area contributed by atoms with Gasteiger partial charge >= 0.3 is 0 Å². The molecule has 0 aromatic rings. The van der Waals surface area contributed by atoms with Gasteiger partial charge in [-0.25, -0.2) is 0 Å². The Labute approximate surface area is 54.7 Å². The molecule has 2 aliphatic rings. The zero-order valence-corrected chi connectivity index (χ0v) is 5.46. The van der Waals surface area contributed by atoms with Gasteiger partial charge in [0.25, 0.3) is 0 Å². The van der Waals surface area contributed by atoms with Gasteiger partial charge in [0.15, 0.2) is 0 Å². The number of fused-ring (bicyclic) bond motifs is 1. The molecule has 0 aliphatic carbocycles. The van der Waals surface area contributed by atoms with Gasteiger partial charge in [0.2, 0.25) is 0 Å². The smallest absolute Gasteiger partial charge is 0.0661 e. The van der Waals surface area contributed by atoms with Crippen molar-refractivity contribution < 1.29 is 0 Å². The van der Waals surface area contributed by atoms with Crippen LogP contribution in [0.15, 0.2) is 17.3 Å². The molecule has 2 atom stereocenters. The lowest BCUT2D eigenvalue weighted by atomic mass is 10.2. The first kappa shape index (κ1) is 5.18. The largest absolute Gasteiger partial charge is 0.303 e. The molecule has 0 bridgehead atoms. The van der Waals surface area contributed by atoms with Crippen molar-refractivity contribution in [2.45, 2.75) is 25.4 Å². The Morgan fingerprint density at radius 2 is 2.67 bits per heavy atom. The lowest BCUT2D eigenvalue weighted by Gasteiger charge is -2.01. The molecule has 2 aliphatic heterocycles. The lowest BCUT2D eigenvalue weighted by Crippen LogP contribution is -2.26. The molecule has 0 radical (unpaired) electrons. The van der Waals surface area contributed by atoms with E-state index in [0.29, 0.717) is 12.1 Å². The summed E-state index contributed by atoms with van der Waals surface area (Å²) in [6.07, 6.45) is 5.12. The van der Waals surface area contributed by atoms with Crippen molar-refractivity contribution in [3.8, 4) is 0 Å². The van der Waals surface area contributed by atoms with E-state index in [1.165, 1.54) is 5.71 Å². The third-order valence-electron chi connectivity index (χ3n) is 1.86. The van der Waals surface area contributed by atoms with E-state index in [-0.39, 0.29) is 0 Å². The molecule has 9 heavy (non-hydrogen) atoms. The number of hydrogen-bond donors (Lipinski definition) is 1. The van der Waals surface area contributed by atoms with Gasteiger partial charge in [0.1, 0.15) is 0 Å². The molecule has 0 spiro atoms. The molecule has 2 nitrogen and oxygen atoms in total. The monoisotopic (exact) mass is 122 g/mol. The number of aliphatic imine (C=N–C) groups is 1. The highest BCUT2D eigenvalue weighted by atomic mass is 15.0. The third kappa shape index (κ3) is 0.704. The zero-order valence-electron chi connectivity index (χ0n) is 5.46. The summed E-state index contributed by atoms with van der Waals surface area (Å²) in [5.74, 6) is 0. The predicted octanol–water partition coefficient (Wildman–Crippen LogP) is 0.705. The molecule has 0 amide bonds. The van der Waals surface area contributed by atoms with Crippen LogP contribution < -0.4 is 5.32 Å². The molecule has 2 unspecified atom stereocenters. The molecule has 1 fully saturated rings. The van der Waals surface area contributed by atoms with Gasteiger partial charge in [-0.2, -0.15) is 0 Å². The molecule has 1 saturated heterocycles. The Morgan fingerprint density at radius 1 is 1.78 bits per heavy atom. The van der Waals surface area contributed by atoms with Crippen LogP contribution in [-0.4, -0.2) is 17.8 Å². The Balaban J connectivity index is 2.21. The molecule has 0 aromatic heterocycles. The van der Waals surface area contributed by atoms with Gasteiger partial charge < -0.3 is 5.32 Å². The van der Waals surface area contributed by atoms with E-state index >= 15 is 0 Å². The standard InChI is InChI=1S/C7H10N2/c1-5-4-7-6(9-5)2-3-8-7/h2-3,5-6,9H,4H2,1H3. The van der Waals surface area contributed by atoms with Crippen LogP contribution in [0, 0.1) is 0 Å². The molecular formula is C7H10N2. The Kier molecular flexibility index (Phi) is 0.963. The van der Waals surface area contributed by atoms with Crippen LogP contribution in [0.2, 0.25) is 0 Å². The Bertz CT molecular complexity index is 181. The minimum absolute atomic E-state index is 0.472. The van der Waals surface area contributed by atoms with Crippen molar-refractivity contribution in [1.29, 1.82) is 0 Å². The Morgan fingerprint density at radius 3 is 3.44 bits per heavy atom. The maximum absolute atomic E-state index is 4.22. The highest BCUT2D eigenvalue weighted by Crippen LogP contribution is 2.15. The second-order valence-corrected chi connectivity index (χ2v) is 2.71. The first-order chi connectivity index (χ1) is 4.36. The van der Waals surface area contributed by atoms with Crippen LogP contribution in [0.25, 0.3) is 0 Å². The summed E-state index contributed by atoms with van der Waals surface area (Å²) in [6, 6.07) is 1.10. The van der Waals surface area contributed by atoms with Crippen LogP contribution in [0.3, 0.4) is 0 Å². The van der Waals surface area contributed by atoms with E-state index < -0.39 is 0 Å². The number of nitrogens with one attached hydrogen (secondary N) is 1. The van der Waals surface area contributed by atoms with E-state index in [1.54, 1.807) is 0 Å². The number of rotatable bonds is 0. The van der Waals surface area contributed by atoms with Crippen LogP contribution >= 0.6 is 0 Å². The van der Waals surface area contributed by atoms with E-state index in [9.17, 15) is 0 Å². The van der Waals surface area contributed by atoms with Crippen molar-refractivity contribution in [1.82, 2.24) is 5.32 Å². The minimum Gasteiger partial charge on any atom is -0.303 e. The SMILES string of the molecule is CC1CC2=NC=CC2N1. The van der Waals surface area contributed by atoms with Gasteiger partial charge in [0, 0.05) is 24.4 Å². The van der Waals surface area contributed by atoms with Gasteiger partial charge in [-0.15, -0.1) is 0 Å². The maximum Gasteiger partial charge on any atom is 0.0661 e. The van der Waals surface area contributed by atoms with E-state index in [1.807, 2.05) is 6.20 Å². The van der Waals surface area contributed by atoms with Gasteiger partial charge in [-0.3, -0.25) is 4.99 Å². The molecule has 2 heteroatoms. The molecular weight excluding hydrogens is 112 g/mol. The van der Waals surface area contributed by atoms with Gasteiger partial charge in [-0.05, 0) is 13.0 Å². The summed E-state index contributed by atoms with van der Waals surface area (Å²) in [4.78, 5) is 4.22. The molecule has 0 saturated carbocycles. The summed E-state index contributed by atoms with van der Waals surface area (Å²) in [5.41, 5.74) is 1.31. The van der Waals surface area contributed by atoms with Crippen molar-refractivity contribution in [3.05, 3.63) is 12.3 Å². The summed E-state index contributed by atoms with van der Waals surface area (Å²) in [7, 11) is 0. The molecule has 2 rings (SSSR count). The van der Waals surface area contributed by atoms with Crippen molar-refractivity contribution in [2.24, 2.45) is 4.99 Å². The first-order valence-electron chi connectivity index (χ1n) is 3.35. The number of hydrogen-bond acceptors (Lipinski definition) is 2. The van der Waals surface area contributed by atoms with Gasteiger partial charge in [0.05, 0.1) is 6.04 Å². The van der Waals surface area contributed by atoms with E-state index in [4.69, 9.17) is 0 Å². The minimum atomic E-state index is 0.472.